The van der Waals surface area contributed by atoms with Gasteiger partial charge in [-0.15, -0.1) is 0 Å². The molecule has 0 saturated carbocycles. The molecule has 0 saturated heterocycles. The van der Waals surface area contributed by atoms with Gasteiger partial charge in [0.1, 0.15) is 6.21 Å². The van der Waals surface area contributed by atoms with Crippen molar-refractivity contribution in [2.75, 3.05) is 0 Å². The first kappa shape index (κ1) is 17.2. The Morgan fingerprint density at radius 1 is 1.23 bits per heavy atom. The number of carbonyl (C=O) groups is 3. The van der Waals surface area contributed by atoms with Gasteiger partial charge in [0.2, 0.25) is 5.91 Å². The fourth-order valence-electron chi connectivity index (χ4n) is 0. The lowest BCUT2D eigenvalue weighted by molar-refractivity contribution is -0.134. The third-order valence-electron chi connectivity index (χ3n) is 0.123. The molecule has 0 aliphatic carbocycles. The number of hydrogen-bond donors (Lipinski definition) is 4. The van der Waals surface area contributed by atoms with Gasteiger partial charge in [0.05, 0.1) is 0 Å². The molecular formula is C6H12N2O5. The Kier molecular flexibility index (Phi) is 16.9. The van der Waals surface area contributed by atoms with E-state index in [0.29, 0.717) is 6.21 Å². The van der Waals surface area contributed by atoms with Gasteiger partial charge in [0.25, 0.3) is 5.97 Å². The van der Waals surface area contributed by atoms with E-state index in [4.69, 9.17) is 25.2 Å². The van der Waals surface area contributed by atoms with Crippen LogP contribution >= 0.6 is 0 Å². The molecule has 76 valence electrons. The molecule has 0 aromatic rings. The lowest BCUT2D eigenvalue weighted by Crippen LogP contribution is -2.01. The van der Waals surface area contributed by atoms with E-state index in [1.807, 2.05) is 0 Å². The summed E-state index contributed by atoms with van der Waals surface area (Å²) in [7, 11) is 0. The fraction of sp³-hybridized carbons (Fsp3) is 0.333. The van der Waals surface area contributed by atoms with E-state index < -0.39 is 11.9 Å². The summed E-state index contributed by atoms with van der Waals surface area (Å²) in [6.45, 7) is 2.39. The van der Waals surface area contributed by atoms with Gasteiger partial charge < -0.3 is 21.4 Å². The molecule has 0 atom stereocenters. The van der Waals surface area contributed by atoms with Crippen LogP contribution in [0.4, 0.5) is 0 Å². The summed E-state index contributed by atoms with van der Waals surface area (Å²) in [6, 6.07) is 0. The highest BCUT2D eigenvalue weighted by Gasteiger charge is 1.76. The van der Waals surface area contributed by atoms with E-state index in [-0.39, 0.29) is 5.91 Å². The third-order valence-corrected chi connectivity index (χ3v) is 0.123. The largest absolute Gasteiger partial charge is 0.481 e. The Morgan fingerprint density at radius 3 is 1.31 bits per heavy atom. The Bertz CT molecular complexity index is 169. The molecule has 0 rings (SSSR count). The summed E-state index contributed by atoms with van der Waals surface area (Å²) in [5.74, 6) is -2.37. The van der Waals surface area contributed by atoms with Gasteiger partial charge in [-0.05, 0) is 0 Å². The summed E-state index contributed by atoms with van der Waals surface area (Å²) in [4.78, 5) is 27.3. The van der Waals surface area contributed by atoms with Gasteiger partial charge >= 0.3 is 5.97 Å². The molecule has 0 spiro atoms. The molecule has 0 aliphatic rings. The van der Waals surface area contributed by atoms with Crippen LogP contribution in [0.15, 0.2) is 0 Å². The van der Waals surface area contributed by atoms with Crippen LogP contribution in [0.1, 0.15) is 13.8 Å². The molecule has 0 heterocycles. The molecular weight excluding hydrogens is 180 g/mol. The second-order valence-electron chi connectivity index (χ2n) is 1.61. The maximum Gasteiger partial charge on any atom is 0.346 e. The van der Waals surface area contributed by atoms with Crippen LogP contribution < -0.4 is 5.73 Å². The Hall–Kier alpha value is -1.92. The van der Waals surface area contributed by atoms with Gasteiger partial charge in [0, 0.05) is 13.8 Å². The molecule has 0 aromatic carbocycles. The third kappa shape index (κ3) is 103000. The summed E-state index contributed by atoms with van der Waals surface area (Å²) >= 11 is 0. The predicted octanol–water partition coefficient (Wildman–Crippen LogP) is -0.697. The smallest absolute Gasteiger partial charge is 0.346 e. The van der Waals surface area contributed by atoms with Crippen LogP contribution in [-0.4, -0.2) is 34.3 Å². The molecule has 7 nitrogen and oxygen atoms in total. The zero-order chi connectivity index (χ0) is 11.4. The van der Waals surface area contributed by atoms with Gasteiger partial charge in [-0.3, -0.25) is 9.59 Å². The van der Waals surface area contributed by atoms with Crippen molar-refractivity contribution in [2.24, 2.45) is 5.73 Å². The number of amides is 1. The van der Waals surface area contributed by atoms with Crippen molar-refractivity contribution in [1.29, 1.82) is 5.41 Å². The molecule has 13 heavy (non-hydrogen) atoms. The molecule has 1 amide bonds. The maximum absolute atomic E-state index is 9.22. The number of rotatable bonds is 1. The first-order chi connectivity index (χ1) is 5.73. The van der Waals surface area contributed by atoms with E-state index in [1.165, 1.54) is 6.92 Å². The predicted molar refractivity (Wildman–Crippen MR) is 44.6 cm³/mol. The van der Waals surface area contributed by atoms with Crippen LogP contribution in [0, 0.1) is 5.41 Å². The Morgan fingerprint density at radius 2 is 1.31 bits per heavy atom. The number of nitrogens with one attached hydrogen (secondary N) is 1. The van der Waals surface area contributed by atoms with Crippen LogP contribution in [0.25, 0.3) is 0 Å². The van der Waals surface area contributed by atoms with E-state index in [9.17, 15) is 4.79 Å². The van der Waals surface area contributed by atoms with Crippen LogP contribution in [0.3, 0.4) is 0 Å². The lowest BCUT2D eigenvalue weighted by atomic mass is 10.8. The number of carbonyl (C=O) groups excluding carboxylic acids is 1. The highest BCUT2D eigenvalue weighted by molar-refractivity contribution is 6.20. The minimum Gasteiger partial charge on any atom is -0.481 e. The average Bonchev–Trinajstić information content (AvgIpc) is 1.84. The van der Waals surface area contributed by atoms with Crippen molar-refractivity contribution in [3.8, 4) is 0 Å². The van der Waals surface area contributed by atoms with Crippen molar-refractivity contribution >= 4 is 24.1 Å². The molecule has 0 aliphatic heterocycles. The summed E-state index contributed by atoms with van der Waals surface area (Å²) in [6.07, 6.45) is 0.333. The lowest BCUT2D eigenvalue weighted by Gasteiger charge is -1.63. The highest BCUT2D eigenvalue weighted by Crippen LogP contribution is 1.42. The van der Waals surface area contributed by atoms with Crippen LogP contribution in [0.5, 0.6) is 0 Å². The number of carboxylic acid groups (broad SMARTS) is 2. The minimum atomic E-state index is -1.20. The number of nitrogens with two attached hydrogens (primary N) is 1. The van der Waals surface area contributed by atoms with Gasteiger partial charge in [-0.25, -0.2) is 4.79 Å². The van der Waals surface area contributed by atoms with Gasteiger partial charge in [-0.2, -0.15) is 0 Å². The minimum absolute atomic E-state index is 0.333. The van der Waals surface area contributed by atoms with Gasteiger partial charge in [-0.1, -0.05) is 0 Å². The maximum atomic E-state index is 9.22. The summed E-state index contributed by atoms with van der Waals surface area (Å²) in [5, 5.41) is 20.8. The second-order valence-corrected chi connectivity index (χ2v) is 1.61. The quantitative estimate of drug-likeness (QED) is 0.406. The molecule has 0 unspecified atom stereocenters. The van der Waals surface area contributed by atoms with Crippen LogP contribution in [0.2, 0.25) is 0 Å². The highest BCUT2D eigenvalue weighted by atomic mass is 16.4. The normalized spacial score (nSPS) is 6.31. The van der Waals surface area contributed by atoms with E-state index in [1.54, 1.807) is 0 Å². The van der Waals surface area contributed by atoms with E-state index in [0.717, 1.165) is 6.92 Å². The molecule has 0 aromatic heterocycles. The second kappa shape index (κ2) is 12.7. The zero-order valence-corrected chi connectivity index (χ0v) is 7.27. The van der Waals surface area contributed by atoms with Crippen molar-refractivity contribution in [3.05, 3.63) is 0 Å². The fourth-order valence-corrected chi connectivity index (χ4v) is 0. The first-order valence-corrected chi connectivity index (χ1v) is 2.93. The average molecular weight is 192 g/mol. The molecule has 0 radical (unpaired) electrons. The van der Waals surface area contributed by atoms with Crippen molar-refractivity contribution in [1.82, 2.24) is 0 Å². The molecule has 5 N–H and O–H groups in total. The zero-order valence-electron chi connectivity index (χ0n) is 7.27. The summed E-state index contributed by atoms with van der Waals surface area (Å²) < 4.78 is 0. The van der Waals surface area contributed by atoms with Crippen molar-refractivity contribution in [3.63, 3.8) is 0 Å². The van der Waals surface area contributed by atoms with Crippen molar-refractivity contribution < 1.29 is 24.6 Å². The Labute approximate surface area is 74.7 Å². The molecule has 0 fully saturated rings. The van der Waals surface area contributed by atoms with E-state index >= 15 is 0 Å². The summed E-state index contributed by atoms with van der Waals surface area (Å²) in [5.41, 5.74) is 4.47. The molecule has 7 heteroatoms. The van der Waals surface area contributed by atoms with Crippen LogP contribution in [-0.2, 0) is 14.4 Å². The number of hydrogen-bond acceptors (Lipinski definition) is 4. The SMILES string of the molecule is CC(=O)O.CC(N)=O.N=CC(=O)O. The first-order valence-electron chi connectivity index (χ1n) is 2.93. The molecule has 0 bridgehead atoms. The van der Waals surface area contributed by atoms with E-state index in [2.05, 4.69) is 5.73 Å². The standard InChI is InChI=1S/C2H3NO2.C2H5NO.C2H4O2/c3-1-2(4)5;2*1-2(3)4/h1,3H,(H,4,5);1H3,(H2,3,4);1H3,(H,3,4). The van der Waals surface area contributed by atoms with Gasteiger partial charge in [0.15, 0.2) is 0 Å². The topological polar surface area (TPSA) is 142 Å². The van der Waals surface area contributed by atoms with Crippen molar-refractivity contribution in [2.45, 2.75) is 13.8 Å². The number of carboxylic acids is 2. The monoisotopic (exact) mass is 192 g/mol. The number of aliphatic carboxylic acids is 2. The Balaban J connectivity index is -0.000000117. The number of primary amides is 1.